The number of nitrogens with one attached hydrogen (secondary N) is 1. The molecule has 4 nitrogen and oxygen atoms in total. The van der Waals surface area contributed by atoms with Gasteiger partial charge in [-0.05, 0) is 31.9 Å². The van der Waals surface area contributed by atoms with Gasteiger partial charge in [0, 0.05) is 19.3 Å². The van der Waals surface area contributed by atoms with E-state index in [-0.39, 0.29) is 12.5 Å². The topological polar surface area (TPSA) is 64.3 Å². The summed E-state index contributed by atoms with van der Waals surface area (Å²) in [6, 6.07) is 4.07. The smallest absolute Gasteiger partial charge is 0.254 e. The average molecular weight is 236 g/mol. The molecule has 94 valence electrons. The Morgan fingerprint density at radius 2 is 1.88 bits per heavy atom. The number of rotatable bonds is 4. The van der Waals surface area contributed by atoms with Gasteiger partial charge in [0.1, 0.15) is 6.10 Å². The molecule has 3 N–H and O–H groups in total. The zero-order valence-electron chi connectivity index (χ0n) is 10.8. The van der Waals surface area contributed by atoms with Crippen LogP contribution in [0.2, 0.25) is 0 Å². The van der Waals surface area contributed by atoms with Crippen LogP contribution < -0.4 is 11.1 Å². The zero-order valence-corrected chi connectivity index (χ0v) is 10.8. The molecule has 0 radical (unpaired) electrons. The molecule has 1 atom stereocenters. The van der Waals surface area contributed by atoms with Crippen molar-refractivity contribution in [1.82, 2.24) is 0 Å². The molecular weight excluding hydrogens is 216 g/mol. The molecular formula is C13H20N2O2. The maximum Gasteiger partial charge on any atom is 0.254 e. The third-order valence-electron chi connectivity index (χ3n) is 2.72. The molecule has 1 aromatic carbocycles. The van der Waals surface area contributed by atoms with Crippen molar-refractivity contribution in [2.24, 2.45) is 5.73 Å². The van der Waals surface area contributed by atoms with Gasteiger partial charge in [-0.3, -0.25) is 4.79 Å². The van der Waals surface area contributed by atoms with Gasteiger partial charge in [-0.25, -0.2) is 0 Å². The zero-order chi connectivity index (χ0) is 13.0. The van der Waals surface area contributed by atoms with Crippen LogP contribution in [-0.4, -0.2) is 25.7 Å². The molecule has 0 aromatic heterocycles. The fraction of sp³-hybridized carbons (Fsp3) is 0.462. The Labute approximate surface area is 102 Å². The predicted octanol–water partition coefficient (Wildman–Crippen LogP) is 1.52. The second kappa shape index (κ2) is 5.80. The molecule has 0 aliphatic carbocycles. The standard InChI is InChI=1S/C13H20N2O2/c1-8-5-9(2)12(10(3)6-8)15-13(16)11(7-14)17-4/h5-6,11H,7,14H2,1-4H3,(H,15,16). The Morgan fingerprint density at radius 1 is 1.35 bits per heavy atom. The van der Waals surface area contributed by atoms with E-state index >= 15 is 0 Å². The summed E-state index contributed by atoms with van der Waals surface area (Å²) in [5.41, 5.74) is 9.56. The number of carbonyl (C=O) groups excluding carboxylic acids is 1. The van der Waals surface area contributed by atoms with Crippen LogP contribution in [0.15, 0.2) is 12.1 Å². The maximum atomic E-state index is 11.8. The minimum absolute atomic E-state index is 0.173. The molecule has 0 heterocycles. The Morgan fingerprint density at radius 3 is 2.29 bits per heavy atom. The normalized spacial score (nSPS) is 12.3. The number of hydrogen-bond acceptors (Lipinski definition) is 3. The molecule has 0 spiro atoms. The first-order valence-electron chi connectivity index (χ1n) is 5.61. The van der Waals surface area contributed by atoms with E-state index in [0.29, 0.717) is 0 Å². The molecule has 4 heteroatoms. The maximum absolute atomic E-state index is 11.8. The Kier molecular flexibility index (Phi) is 4.66. The molecule has 1 amide bonds. The van der Waals surface area contributed by atoms with Crippen LogP contribution in [0.3, 0.4) is 0 Å². The number of carbonyl (C=O) groups is 1. The van der Waals surface area contributed by atoms with Crippen LogP contribution in [0.1, 0.15) is 16.7 Å². The van der Waals surface area contributed by atoms with E-state index in [1.54, 1.807) is 0 Å². The van der Waals surface area contributed by atoms with Crippen molar-refractivity contribution < 1.29 is 9.53 Å². The monoisotopic (exact) mass is 236 g/mol. The van der Waals surface area contributed by atoms with Gasteiger partial charge in [0.05, 0.1) is 0 Å². The first kappa shape index (κ1) is 13.7. The average Bonchev–Trinajstić information content (AvgIpc) is 2.25. The van der Waals surface area contributed by atoms with E-state index in [2.05, 4.69) is 5.32 Å². The lowest BCUT2D eigenvalue weighted by Gasteiger charge is -2.16. The van der Waals surface area contributed by atoms with Gasteiger partial charge >= 0.3 is 0 Å². The van der Waals surface area contributed by atoms with E-state index in [9.17, 15) is 4.79 Å². The number of hydrogen-bond donors (Lipinski definition) is 2. The largest absolute Gasteiger partial charge is 0.370 e. The highest BCUT2D eigenvalue weighted by Gasteiger charge is 2.17. The van der Waals surface area contributed by atoms with E-state index in [1.165, 1.54) is 12.7 Å². The van der Waals surface area contributed by atoms with Crippen molar-refractivity contribution in [1.29, 1.82) is 0 Å². The van der Waals surface area contributed by atoms with Crippen LogP contribution >= 0.6 is 0 Å². The summed E-state index contributed by atoms with van der Waals surface area (Å²) in [5.74, 6) is -0.204. The second-order valence-electron chi connectivity index (χ2n) is 4.22. The molecule has 1 rings (SSSR count). The van der Waals surface area contributed by atoms with Crippen molar-refractivity contribution in [2.45, 2.75) is 26.9 Å². The molecule has 17 heavy (non-hydrogen) atoms. The van der Waals surface area contributed by atoms with E-state index in [1.807, 2.05) is 32.9 Å². The van der Waals surface area contributed by atoms with E-state index < -0.39 is 6.10 Å². The summed E-state index contributed by atoms with van der Waals surface area (Å²) < 4.78 is 5.00. The highest BCUT2D eigenvalue weighted by Crippen LogP contribution is 2.22. The molecule has 0 aliphatic heterocycles. The van der Waals surface area contributed by atoms with Gasteiger partial charge in [0.25, 0.3) is 5.91 Å². The third-order valence-corrected chi connectivity index (χ3v) is 2.72. The fourth-order valence-electron chi connectivity index (χ4n) is 1.89. The molecule has 0 bridgehead atoms. The lowest BCUT2D eigenvalue weighted by atomic mass is 10.0. The van der Waals surface area contributed by atoms with Gasteiger partial charge < -0.3 is 15.8 Å². The summed E-state index contributed by atoms with van der Waals surface area (Å²) in [4.78, 5) is 11.8. The van der Waals surface area contributed by atoms with Crippen molar-refractivity contribution in [2.75, 3.05) is 19.0 Å². The number of benzene rings is 1. The summed E-state index contributed by atoms with van der Waals surface area (Å²) >= 11 is 0. The summed E-state index contributed by atoms with van der Waals surface area (Å²) in [6.45, 7) is 6.15. The number of aryl methyl sites for hydroxylation is 3. The first-order chi connectivity index (χ1) is 7.99. The van der Waals surface area contributed by atoms with Crippen LogP contribution in [0.5, 0.6) is 0 Å². The van der Waals surface area contributed by atoms with Crippen LogP contribution in [0.4, 0.5) is 5.69 Å². The van der Waals surface area contributed by atoms with Crippen molar-refractivity contribution in [3.8, 4) is 0 Å². The number of ether oxygens (including phenoxy) is 1. The third kappa shape index (κ3) is 3.28. The van der Waals surface area contributed by atoms with Crippen LogP contribution in [-0.2, 0) is 9.53 Å². The van der Waals surface area contributed by atoms with Crippen LogP contribution in [0, 0.1) is 20.8 Å². The fourth-order valence-corrected chi connectivity index (χ4v) is 1.89. The van der Waals surface area contributed by atoms with Crippen molar-refractivity contribution >= 4 is 11.6 Å². The SMILES string of the molecule is COC(CN)C(=O)Nc1c(C)cc(C)cc1C. The molecule has 0 aliphatic rings. The molecule has 1 aromatic rings. The Balaban J connectivity index is 2.92. The lowest BCUT2D eigenvalue weighted by molar-refractivity contribution is -0.125. The van der Waals surface area contributed by atoms with Crippen molar-refractivity contribution in [3.63, 3.8) is 0 Å². The number of methoxy groups -OCH3 is 1. The summed E-state index contributed by atoms with van der Waals surface area (Å²) in [6.07, 6.45) is -0.602. The Hall–Kier alpha value is -1.39. The number of amides is 1. The first-order valence-corrected chi connectivity index (χ1v) is 5.61. The summed E-state index contributed by atoms with van der Waals surface area (Å²) in [7, 11) is 1.48. The van der Waals surface area contributed by atoms with E-state index in [4.69, 9.17) is 10.5 Å². The highest BCUT2D eigenvalue weighted by molar-refractivity contribution is 5.95. The van der Waals surface area contributed by atoms with Gasteiger partial charge in [-0.15, -0.1) is 0 Å². The van der Waals surface area contributed by atoms with Crippen LogP contribution in [0.25, 0.3) is 0 Å². The molecule has 0 saturated heterocycles. The predicted molar refractivity (Wildman–Crippen MR) is 69.1 cm³/mol. The van der Waals surface area contributed by atoms with Gasteiger partial charge in [0.2, 0.25) is 0 Å². The summed E-state index contributed by atoms with van der Waals surface area (Å²) in [5, 5.41) is 2.86. The van der Waals surface area contributed by atoms with Crippen molar-refractivity contribution in [3.05, 3.63) is 28.8 Å². The Bertz CT molecular complexity index is 389. The second-order valence-corrected chi connectivity index (χ2v) is 4.22. The minimum atomic E-state index is -0.602. The number of anilines is 1. The van der Waals surface area contributed by atoms with Gasteiger partial charge in [-0.1, -0.05) is 17.7 Å². The lowest BCUT2D eigenvalue weighted by Crippen LogP contribution is -2.36. The van der Waals surface area contributed by atoms with E-state index in [0.717, 1.165) is 16.8 Å². The van der Waals surface area contributed by atoms with Gasteiger partial charge in [-0.2, -0.15) is 0 Å². The molecule has 1 unspecified atom stereocenters. The minimum Gasteiger partial charge on any atom is -0.370 e. The molecule has 0 fully saturated rings. The van der Waals surface area contributed by atoms with Gasteiger partial charge in [0.15, 0.2) is 0 Å². The number of nitrogens with two attached hydrogens (primary N) is 1. The highest BCUT2D eigenvalue weighted by atomic mass is 16.5. The quantitative estimate of drug-likeness (QED) is 0.833. The molecule has 0 saturated carbocycles.